The van der Waals surface area contributed by atoms with E-state index in [-0.39, 0.29) is 13.2 Å². The Labute approximate surface area is 145 Å². The van der Waals surface area contributed by atoms with Gasteiger partial charge in [-0.15, -0.1) is 0 Å². The molecule has 0 saturated carbocycles. The van der Waals surface area contributed by atoms with Crippen molar-refractivity contribution in [2.24, 2.45) is 0 Å². The summed E-state index contributed by atoms with van der Waals surface area (Å²) in [6.45, 7) is 3.06. The molecule has 0 aliphatic carbocycles. The van der Waals surface area contributed by atoms with E-state index in [9.17, 15) is 14.4 Å². The van der Waals surface area contributed by atoms with Gasteiger partial charge in [0.15, 0.2) is 13.2 Å². The van der Waals surface area contributed by atoms with Crippen LogP contribution in [0.4, 0.5) is 5.69 Å². The first kappa shape index (κ1) is 18.2. The van der Waals surface area contributed by atoms with Crippen LogP contribution >= 0.6 is 0 Å². The molecule has 0 atom stereocenters. The fraction of sp³-hybridized carbons (Fsp3) is 0.211. The number of carbonyl (C=O) groups excluding carboxylic acids is 3. The number of hydrogen-bond donors (Lipinski definition) is 1. The minimum absolute atomic E-state index is 0.322. The predicted octanol–water partition coefficient (Wildman–Crippen LogP) is 2.68. The van der Waals surface area contributed by atoms with Crippen molar-refractivity contribution in [2.75, 3.05) is 18.5 Å². The number of aldehydes is 1. The molecule has 25 heavy (non-hydrogen) atoms. The highest BCUT2D eigenvalue weighted by Gasteiger charge is 2.11. The van der Waals surface area contributed by atoms with Gasteiger partial charge < -0.3 is 14.8 Å². The van der Waals surface area contributed by atoms with Crippen LogP contribution < -0.4 is 10.1 Å². The van der Waals surface area contributed by atoms with Gasteiger partial charge in [0, 0.05) is 11.3 Å². The Morgan fingerprint density at radius 3 is 2.24 bits per heavy atom. The molecule has 2 aromatic rings. The number of rotatable bonds is 7. The largest absolute Gasteiger partial charge is 0.482 e. The molecule has 6 nitrogen and oxygen atoms in total. The monoisotopic (exact) mass is 341 g/mol. The van der Waals surface area contributed by atoms with Crippen LogP contribution in [0, 0.1) is 13.8 Å². The van der Waals surface area contributed by atoms with E-state index >= 15 is 0 Å². The van der Waals surface area contributed by atoms with Crippen LogP contribution in [0.3, 0.4) is 0 Å². The molecule has 0 heterocycles. The van der Waals surface area contributed by atoms with Crippen LogP contribution in [0.25, 0.3) is 0 Å². The molecule has 130 valence electrons. The number of hydrogen-bond acceptors (Lipinski definition) is 5. The maximum absolute atomic E-state index is 11.9. The van der Waals surface area contributed by atoms with Crippen LogP contribution in [0.15, 0.2) is 42.5 Å². The summed E-state index contributed by atoms with van der Waals surface area (Å²) in [5.74, 6) is -0.639. The zero-order valence-corrected chi connectivity index (χ0v) is 14.1. The number of benzene rings is 2. The molecule has 0 aliphatic rings. The van der Waals surface area contributed by atoms with Crippen LogP contribution in [0.5, 0.6) is 5.75 Å². The second kappa shape index (κ2) is 8.63. The van der Waals surface area contributed by atoms with Crippen LogP contribution in [0.2, 0.25) is 0 Å². The van der Waals surface area contributed by atoms with Crippen molar-refractivity contribution in [2.45, 2.75) is 13.8 Å². The van der Waals surface area contributed by atoms with Crippen molar-refractivity contribution in [3.8, 4) is 5.75 Å². The SMILES string of the molecule is Cc1cccc(C)c1NC(=O)COC(=O)COc1ccc(C=O)cc1. The molecule has 1 amide bonds. The summed E-state index contributed by atoms with van der Waals surface area (Å²) in [5, 5.41) is 2.73. The average Bonchev–Trinajstić information content (AvgIpc) is 2.62. The van der Waals surface area contributed by atoms with Gasteiger partial charge in [-0.2, -0.15) is 0 Å². The number of nitrogens with one attached hydrogen (secondary N) is 1. The van der Waals surface area contributed by atoms with Crippen molar-refractivity contribution in [1.29, 1.82) is 0 Å². The van der Waals surface area contributed by atoms with Crippen molar-refractivity contribution in [1.82, 2.24) is 0 Å². The second-order valence-electron chi connectivity index (χ2n) is 5.45. The fourth-order valence-corrected chi connectivity index (χ4v) is 2.16. The zero-order chi connectivity index (χ0) is 18.2. The molecule has 0 aromatic heterocycles. The highest BCUT2D eigenvalue weighted by atomic mass is 16.6. The quantitative estimate of drug-likeness (QED) is 0.618. The number of aryl methyl sites for hydroxylation is 2. The summed E-state index contributed by atoms with van der Waals surface area (Å²) in [5.41, 5.74) is 3.09. The number of para-hydroxylation sites is 1. The molecule has 0 fully saturated rings. The second-order valence-corrected chi connectivity index (χ2v) is 5.45. The number of carbonyl (C=O) groups is 3. The molecule has 0 unspecified atom stereocenters. The first-order valence-corrected chi connectivity index (χ1v) is 7.69. The summed E-state index contributed by atoms with van der Waals surface area (Å²) >= 11 is 0. The van der Waals surface area contributed by atoms with Gasteiger partial charge in [0.25, 0.3) is 5.91 Å². The summed E-state index contributed by atoms with van der Waals surface area (Å²) in [6.07, 6.45) is 0.715. The van der Waals surface area contributed by atoms with Gasteiger partial charge in [-0.25, -0.2) is 4.79 Å². The van der Waals surface area contributed by atoms with Crippen molar-refractivity contribution in [3.63, 3.8) is 0 Å². The van der Waals surface area contributed by atoms with Crippen molar-refractivity contribution < 1.29 is 23.9 Å². The molecule has 0 bridgehead atoms. The predicted molar refractivity (Wildman–Crippen MR) is 92.8 cm³/mol. The third-order valence-electron chi connectivity index (χ3n) is 3.48. The topological polar surface area (TPSA) is 81.7 Å². The highest BCUT2D eigenvalue weighted by molar-refractivity contribution is 5.94. The summed E-state index contributed by atoms with van der Waals surface area (Å²) < 4.78 is 10.1. The van der Waals surface area contributed by atoms with E-state index in [1.165, 1.54) is 0 Å². The van der Waals surface area contributed by atoms with E-state index in [1.807, 2.05) is 32.0 Å². The van der Waals surface area contributed by atoms with Gasteiger partial charge in [-0.1, -0.05) is 18.2 Å². The van der Waals surface area contributed by atoms with Gasteiger partial charge in [-0.3, -0.25) is 9.59 Å². The van der Waals surface area contributed by atoms with E-state index in [0.717, 1.165) is 16.8 Å². The molecule has 1 N–H and O–H groups in total. The van der Waals surface area contributed by atoms with Gasteiger partial charge in [0.05, 0.1) is 0 Å². The Balaban J connectivity index is 1.77. The van der Waals surface area contributed by atoms with Gasteiger partial charge >= 0.3 is 5.97 Å². The lowest BCUT2D eigenvalue weighted by Crippen LogP contribution is -2.24. The first-order valence-electron chi connectivity index (χ1n) is 7.69. The smallest absolute Gasteiger partial charge is 0.344 e. The standard InChI is InChI=1S/C19H19NO5/c1-13-4-3-5-14(2)19(13)20-17(22)11-25-18(23)12-24-16-8-6-15(10-21)7-9-16/h3-10H,11-12H2,1-2H3,(H,20,22). The minimum atomic E-state index is -0.656. The number of anilines is 1. The van der Waals surface area contributed by atoms with E-state index < -0.39 is 11.9 Å². The van der Waals surface area contributed by atoms with E-state index in [1.54, 1.807) is 24.3 Å². The summed E-state index contributed by atoms with van der Waals surface area (Å²) in [7, 11) is 0. The lowest BCUT2D eigenvalue weighted by atomic mass is 10.1. The number of amides is 1. The number of ether oxygens (including phenoxy) is 2. The minimum Gasteiger partial charge on any atom is -0.482 e. The van der Waals surface area contributed by atoms with Crippen LogP contribution in [-0.2, 0) is 14.3 Å². The molecule has 6 heteroatoms. The molecule has 0 spiro atoms. The molecule has 2 aromatic carbocycles. The van der Waals surface area contributed by atoms with Gasteiger partial charge in [-0.05, 0) is 49.2 Å². The molecule has 0 aliphatic heterocycles. The lowest BCUT2D eigenvalue weighted by Gasteiger charge is -2.11. The summed E-state index contributed by atoms with van der Waals surface area (Å²) in [6, 6.07) is 12.0. The van der Waals surface area contributed by atoms with Crippen molar-refractivity contribution >= 4 is 23.9 Å². The van der Waals surface area contributed by atoms with E-state index in [4.69, 9.17) is 9.47 Å². The Morgan fingerprint density at radius 2 is 1.64 bits per heavy atom. The Hall–Kier alpha value is -3.15. The Morgan fingerprint density at radius 1 is 1.00 bits per heavy atom. The fourth-order valence-electron chi connectivity index (χ4n) is 2.16. The Kier molecular flexibility index (Phi) is 6.28. The first-order chi connectivity index (χ1) is 12.0. The highest BCUT2D eigenvalue weighted by Crippen LogP contribution is 2.19. The van der Waals surface area contributed by atoms with Gasteiger partial charge in [0.2, 0.25) is 0 Å². The molecule has 2 rings (SSSR count). The number of esters is 1. The maximum Gasteiger partial charge on any atom is 0.344 e. The third kappa shape index (κ3) is 5.46. The van der Waals surface area contributed by atoms with E-state index in [2.05, 4.69) is 5.32 Å². The van der Waals surface area contributed by atoms with Crippen LogP contribution in [0.1, 0.15) is 21.5 Å². The van der Waals surface area contributed by atoms with Crippen LogP contribution in [-0.4, -0.2) is 31.4 Å². The normalized spacial score (nSPS) is 10.0. The Bertz CT molecular complexity index is 748. The zero-order valence-electron chi connectivity index (χ0n) is 14.1. The molecular formula is C19H19NO5. The van der Waals surface area contributed by atoms with E-state index in [0.29, 0.717) is 17.6 Å². The third-order valence-corrected chi connectivity index (χ3v) is 3.48. The molecular weight excluding hydrogens is 322 g/mol. The molecule has 0 radical (unpaired) electrons. The average molecular weight is 341 g/mol. The maximum atomic E-state index is 11.9. The van der Waals surface area contributed by atoms with Gasteiger partial charge in [0.1, 0.15) is 12.0 Å². The summed E-state index contributed by atoms with van der Waals surface area (Å²) in [4.78, 5) is 34.1. The molecule has 0 saturated heterocycles. The van der Waals surface area contributed by atoms with Crippen molar-refractivity contribution in [3.05, 3.63) is 59.2 Å². The lowest BCUT2D eigenvalue weighted by molar-refractivity contribution is -0.149.